The van der Waals surface area contributed by atoms with Gasteiger partial charge in [-0.25, -0.2) is 14.4 Å². The van der Waals surface area contributed by atoms with Crippen molar-refractivity contribution in [1.82, 2.24) is 34.4 Å². The van der Waals surface area contributed by atoms with Gasteiger partial charge in [0.1, 0.15) is 11.6 Å². The maximum Gasteiger partial charge on any atom is 0.292 e. The molecular weight excluding hydrogens is 349 g/mol. The fourth-order valence-corrected chi connectivity index (χ4v) is 3.60. The summed E-state index contributed by atoms with van der Waals surface area (Å²) < 4.78 is 15.1. The minimum absolute atomic E-state index is 0.210. The average Bonchev–Trinajstić information content (AvgIpc) is 3.37. The summed E-state index contributed by atoms with van der Waals surface area (Å²) in [5.41, 5.74) is 2.11. The van der Waals surface area contributed by atoms with Gasteiger partial charge in [0.25, 0.3) is 11.7 Å². The van der Waals surface area contributed by atoms with Crippen molar-refractivity contribution in [2.24, 2.45) is 0 Å². The van der Waals surface area contributed by atoms with E-state index >= 15 is 0 Å². The number of amides is 1. The van der Waals surface area contributed by atoms with Crippen LogP contribution in [0.1, 0.15) is 41.0 Å². The molecule has 9 heteroatoms. The smallest absolute Gasteiger partial charge is 0.292 e. The van der Waals surface area contributed by atoms with Gasteiger partial charge in [0.2, 0.25) is 5.82 Å². The van der Waals surface area contributed by atoms with Gasteiger partial charge in [0.15, 0.2) is 0 Å². The van der Waals surface area contributed by atoms with Crippen molar-refractivity contribution in [2.45, 2.75) is 25.8 Å². The first kappa shape index (κ1) is 15.9. The van der Waals surface area contributed by atoms with E-state index in [-0.39, 0.29) is 23.6 Å². The zero-order chi connectivity index (χ0) is 18.5. The largest absolute Gasteiger partial charge is 0.340 e. The van der Waals surface area contributed by atoms with Gasteiger partial charge in [0.05, 0.1) is 17.1 Å². The summed E-state index contributed by atoms with van der Waals surface area (Å²) in [7, 11) is 0. The van der Waals surface area contributed by atoms with Crippen LogP contribution in [0, 0.1) is 12.7 Å². The lowest BCUT2D eigenvalue weighted by atomic mass is 10.2. The number of aryl methyl sites for hydroxylation is 1. The summed E-state index contributed by atoms with van der Waals surface area (Å²) >= 11 is 0. The van der Waals surface area contributed by atoms with Crippen LogP contribution < -0.4 is 0 Å². The summed E-state index contributed by atoms with van der Waals surface area (Å²) in [6.45, 7) is 2.46. The lowest BCUT2D eigenvalue weighted by Crippen LogP contribution is -2.32. The number of fused-ring (bicyclic) bond motifs is 2. The summed E-state index contributed by atoms with van der Waals surface area (Å²) in [5, 5.41) is 8.05. The Kier molecular flexibility index (Phi) is 3.43. The molecule has 1 unspecified atom stereocenters. The Morgan fingerprint density at radius 3 is 3.04 bits per heavy atom. The number of H-pyrrole nitrogens is 1. The van der Waals surface area contributed by atoms with E-state index in [0.29, 0.717) is 29.2 Å². The molecule has 1 saturated heterocycles. The normalized spacial score (nSPS) is 17.3. The third kappa shape index (κ3) is 2.54. The van der Waals surface area contributed by atoms with Crippen LogP contribution in [0.4, 0.5) is 4.39 Å². The van der Waals surface area contributed by atoms with Crippen LogP contribution in [0.25, 0.3) is 16.8 Å². The van der Waals surface area contributed by atoms with Crippen molar-refractivity contribution in [1.29, 1.82) is 0 Å². The lowest BCUT2D eigenvalue weighted by Gasteiger charge is -2.22. The molecule has 3 aromatic heterocycles. The van der Waals surface area contributed by atoms with Crippen molar-refractivity contribution in [3.63, 3.8) is 0 Å². The highest BCUT2D eigenvalue weighted by molar-refractivity contribution is 5.91. The van der Waals surface area contributed by atoms with E-state index in [9.17, 15) is 9.18 Å². The van der Waals surface area contributed by atoms with Crippen molar-refractivity contribution in [3.8, 4) is 0 Å². The fraction of sp³-hybridized carbons (Fsp3) is 0.278. The second kappa shape index (κ2) is 5.83. The van der Waals surface area contributed by atoms with Gasteiger partial charge < -0.3 is 9.88 Å². The Morgan fingerprint density at radius 1 is 1.26 bits per heavy atom. The SMILES string of the molecule is Cc1ccn2c(C(=O)N3CCCC3c3nc4ccc(F)cc4[nH]3)nnc2n1. The number of nitrogens with zero attached hydrogens (tertiary/aromatic N) is 6. The maximum absolute atomic E-state index is 13.5. The zero-order valence-corrected chi connectivity index (χ0v) is 14.6. The summed E-state index contributed by atoms with van der Waals surface area (Å²) in [5.74, 6) is 0.737. The van der Waals surface area contributed by atoms with E-state index in [4.69, 9.17) is 0 Å². The second-order valence-electron chi connectivity index (χ2n) is 6.70. The number of hydrogen-bond acceptors (Lipinski definition) is 5. The van der Waals surface area contributed by atoms with Gasteiger partial charge in [-0.15, -0.1) is 10.2 Å². The van der Waals surface area contributed by atoms with Gasteiger partial charge in [-0.05, 0) is 44.0 Å². The molecule has 0 saturated carbocycles. The molecule has 0 bridgehead atoms. The molecule has 136 valence electrons. The van der Waals surface area contributed by atoms with Gasteiger partial charge in [-0.2, -0.15) is 0 Å². The number of likely N-dealkylation sites (tertiary alicyclic amines) is 1. The minimum Gasteiger partial charge on any atom is -0.340 e. The molecule has 0 radical (unpaired) electrons. The van der Waals surface area contributed by atoms with Gasteiger partial charge in [-0.3, -0.25) is 9.20 Å². The molecule has 1 atom stereocenters. The second-order valence-corrected chi connectivity index (χ2v) is 6.70. The highest BCUT2D eigenvalue weighted by Crippen LogP contribution is 2.32. The quantitative estimate of drug-likeness (QED) is 0.589. The van der Waals surface area contributed by atoms with Crippen LogP contribution in [-0.4, -0.2) is 46.9 Å². The molecule has 4 heterocycles. The van der Waals surface area contributed by atoms with Crippen LogP contribution >= 0.6 is 0 Å². The first-order chi connectivity index (χ1) is 13.1. The summed E-state index contributed by atoms with van der Waals surface area (Å²) in [6, 6.07) is 6.02. The standard InChI is InChI=1S/C18H16FN7O/c1-10-6-8-26-16(23-24-18(26)20-10)17(27)25-7-2-3-14(25)15-21-12-5-4-11(19)9-13(12)22-15/h4-6,8-9,14H,2-3,7H2,1H3,(H,21,22). The van der Waals surface area contributed by atoms with E-state index in [0.717, 1.165) is 18.5 Å². The van der Waals surface area contributed by atoms with Crippen molar-refractivity contribution in [2.75, 3.05) is 6.54 Å². The molecule has 27 heavy (non-hydrogen) atoms. The molecule has 5 rings (SSSR count). The monoisotopic (exact) mass is 365 g/mol. The number of halogens is 1. The number of hydrogen-bond donors (Lipinski definition) is 1. The summed E-state index contributed by atoms with van der Waals surface area (Å²) in [6.07, 6.45) is 3.39. The van der Waals surface area contributed by atoms with Crippen LogP contribution in [-0.2, 0) is 0 Å². The topological polar surface area (TPSA) is 92.1 Å². The Morgan fingerprint density at radius 2 is 2.15 bits per heavy atom. The van der Waals surface area contributed by atoms with E-state index in [1.165, 1.54) is 12.1 Å². The Bertz CT molecular complexity index is 1180. The molecule has 1 fully saturated rings. The highest BCUT2D eigenvalue weighted by Gasteiger charge is 2.34. The number of imidazole rings is 1. The Hall–Kier alpha value is -3.36. The number of aromatic nitrogens is 6. The maximum atomic E-state index is 13.5. The molecule has 1 N–H and O–H groups in total. The minimum atomic E-state index is -0.324. The average molecular weight is 365 g/mol. The predicted molar refractivity (Wildman–Crippen MR) is 94.6 cm³/mol. The number of aromatic amines is 1. The van der Waals surface area contributed by atoms with E-state index < -0.39 is 0 Å². The zero-order valence-electron chi connectivity index (χ0n) is 14.6. The fourth-order valence-electron chi connectivity index (χ4n) is 3.60. The van der Waals surface area contributed by atoms with Crippen LogP contribution in [0.5, 0.6) is 0 Å². The number of carbonyl (C=O) groups excluding carboxylic acids is 1. The van der Waals surface area contributed by atoms with E-state index in [2.05, 4.69) is 25.1 Å². The van der Waals surface area contributed by atoms with Gasteiger partial charge in [-0.1, -0.05) is 0 Å². The molecule has 0 aliphatic carbocycles. The molecule has 8 nitrogen and oxygen atoms in total. The number of nitrogens with one attached hydrogen (secondary N) is 1. The third-order valence-electron chi connectivity index (χ3n) is 4.90. The van der Waals surface area contributed by atoms with Gasteiger partial charge >= 0.3 is 0 Å². The van der Waals surface area contributed by atoms with Crippen molar-refractivity contribution >= 4 is 22.7 Å². The van der Waals surface area contributed by atoms with Crippen LogP contribution in [0.3, 0.4) is 0 Å². The van der Waals surface area contributed by atoms with Gasteiger partial charge in [0, 0.05) is 18.4 Å². The van der Waals surface area contributed by atoms with E-state index in [1.807, 2.05) is 13.0 Å². The highest BCUT2D eigenvalue weighted by atomic mass is 19.1. The number of benzene rings is 1. The number of rotatable bonds is 2. The Balaban J connectivity index is 1.51. The first-order valence-electron chi connectivity index (χ1n) is 8.75. The molecule has 1 aliphatic rings. The Labute approximate surface area is 153 Å². The molecule has 0 spiro atoms. The molecule has 4 aromatic rings. The third-order valence-corrected chi connectivity index (χ3v) is 4.90. The molecule has 1 amide bonds. The first-order valence-corrected chi connectivity index (χ1v) is 8.75. The molecular formula is C18H16FN7O. The van der Waals surface area contributed by atoms with Crippen LogP contribution in [0.2, 0.25) is 0 Å². The van der Waals surface area contributed by atoms with Crippen molar-refractivity contribution < 1.29 is 9.18 Å². The molecule has 1 aliphatic heterocycles. The van der Waals surface area contributed by atoms with E-state index in [1.54, 1.807) is 21.6 Å². The molecule has 1 aromatic carbocycles. The number of carbonyl (C=O) groups is 1. The predicted octanol–water partition coefficient (Wildman–Crippen LogP) is 2.43. The van der Waals surface area contributed by atoms with Crippen molar-refractivity contribution in [3.05, 3.63) is 53.6 Å². The van der Waals surface area contributed by atoms with Crippen LogP contribution in [0.15, 0.2) is 30.5 Å². The lowest BCUT2D eigenvalue weighted by molar-refractivity contribution is 0.0716. The summed E-state index contributed by atoms with van der Waals surface area (Å²) in [4.78, 5) is 26.9.